The van der Waals surface area contributed by atoms with Crippen LogP contribution < -0.4 is 5.32 Å². The van der Waals surface area contributed by atoms with Crippen molar-refractivity contribution >= 4 is 11.8 Å². The number of aliphatic hydroxyl groups is 1. The van der Waals surface area contributed by atoms with Gasteiger partial charge in [-0.1, -0.05) is 84.9 Å². The standard InChI is InChI=1S/C27H26N2O3/c1-19-16-24(26(31)28-17-25(30)22-10-6-3-7-11-22)29(18-19)27(32)23-14-12-21(13-15-23)20-8-4-2-5-9-20/h2-15,24-25,30H,1,16-18H2,(H,28,31)/t24-,25?/m0/s1. The third-order valence-electron chi connectivity index (χ3n) is 5.71. The van der Waals surface area contributed by atoms with Crippen LogP contribution in [0.3, 0.4) is 0 Å². The number of likely N-dealkylation sites (tertiary alicyclic amines) is 1. The average molecular weight is 427 g/mol. The number of aliphatic hydroxyl groups excluding tert-OH is 1. The largest absolute Gasteiger partial charge is 0.387 e. The summed E-state index contributed by atoms with van der Waals surface area (Å²) in [5.41, 5.74) is 4.20. The number of rotatable bonds is 6. The molecule has 3 aromatic carbocycles. The number of hydrogen-bond acceptors (Lipinski definition) is 3. The van der Waals surface area contributed by atoms with Gasteiger partial charge in [-0.15, -0.1) is 0 Å². The van der Waals surface area contributed by atoms with E-state index in [1.165, 1.54) is 0 Å². The maximum Gasteiger partial charge on any atom is 0.254 e. The van der Waals surface area contributed by atoms with Crippen molar-refractivity contribution in [2.75, 3.05) is 13.1 Å². The molecule has 0 saturated carbocycles. The van der Waals surface area contributed by atoms with Crippen molar-refractivity contribution in [1.29, 1.82) is 0 Å². The highest BCUT2D eigenvalue weighted by Crippen LogP contribution is 2.25. The minimum Gasteiger partial charge on any atom is -0.387 e. The first-order valence-electron chi connectivity index (χ1n) is 10.7. The summed E-state index contributed by atoms with van der Waals surface area (Å²) in [7, 11) is 0. The maximum absolute atomic E-state index is 13.2. The summed E-state index contributed by atoms with van der Waals surface area (Å²) in [5.74, 6) is -0.486. The summed E-state index contributed by atoms with van der Waals surface area (Å²) in [6.07, 6.45) is -0.388. The van der Waals surface area contributed by atoms with Gasteiger partial charge in [0.1, 0.15) is 6.04 Å². The second-order valence-corrected chi connectivity index (χ2v) is 8.02. The smallest absolute Gasteiger partial charge is 0.254 e. The van der Waals surface area contributed by atoms with Gasteiger partial charge >= 0.3 is 0 Å². The van der Waals surface area contributed by atoms with Crippen molar-refractivity contribution in [2.24, 2.45) is 0 Å². The lowest BCUT2D eigenvalue weighted by Crippen LogP contribution is -2.46. The Kier molecular flexibility index (Phi) is 6.47. The zero-order chi connectivity index (χ0) is 22.5. The van der Waals surface area contributed by atoms with Crippen LogP contribution >= 0.6 is 0 Å². The molecule has 1 unspecified atom stereocenters. The molecule has 1 heterocycles. The highest BCUT2D eigenvalue weighted by molar-refractivity contribution is 5.98. The van der Waals surface area contributed by atoms with Crippen LogP contribution in [-0.2, 0) is 4.79 Å². The Morgan fingerprint density at radius 2 is 1.53 bits per heavy atom. The molecule has 0 radical (unpaired) electrons. The summed E-state index contributed by atoms with van der Waals surface area (Å²) in [6, 6.07) is 25.9. The molecule has 1 fully saturated rings. The molecule has 4 rings (SSSR count). The highest BCUT2D eigenvalue weighted by atomic mass is 16.3. The molecule has 0 aliphatic carbocycles. The Hall–Kier alpha value is -3.70. The number of benzene rings is 3. The van der Waals surface area contributed by atoms with Gasteiger partial charge in [-0.2, -0.15) is 0 Å². The number of carbonyl (C=O) groups is 2. The van der Waals surface area contributed by atoms with Crippen molar-refractivity contribution in [3.63, 3.8) is 0 Å². The molecule has 32 heavy (non-hydrogen) atoms. The van der Waals surface area contributed by atoms with E-state index in [1.807, 2.05) is 72.8 Å². The number of amides is 2. The fraction of sp³-hybridized carbons (Fsp3) is 0.185. The van der Waals surface area contributed by atoms with Crippen LogP contribution in [-0.4, -0.2) is 41.0 Å². The van der Waals surface area contributed by atoms with Crippen molar-refractivity contribution in [1.82, 2.24) is 10.2 Å². The number of nitrogens with zero attached hydrogens (tertiary/aromatic N) is 1. The number of hydrogen-bond donors (Lipinski definition) is 2. The predicted molar refractivity (Wildman–Crippen MR) is 125 cm³/mol. The zero-order valence-electron chi connectivity index (χ0n) is 17.8. The third-order valence-corrected chi connectivity index (χ3v) is 5.71. The molecule has 0 bridgehead atoms. The Morgan fingerprint density at radius 1 is 0.938 bits per heavy atom. The van der Waals surface area contributed by atoms with Crippen molar-refractivity contribution in [3.8, 4) is 11.1 Å². The second kappa shape index (κ2) is 9.62. The van der Waals surface area contributed by atoms with Gasteiger partial charge < -0.3 is 15.3 Å². The first-order chi connectivity index (χ1) is 15.5. The van der Waals surface area contributed by atoms with Gasteiger partial charge in [0.05, 0.1) is 6.10 Å². The monoisotopic (exact) mass is 426 g/mol. The van der Waals surface area contributed by atoms with Crippen molar-refractivity contribution in [2.45, 2.75) is 18.6 Å². The molecule has 5 heteroatoms. The molecule has 0 spiro atoms. The van der Waals surface area contributed by atoms with E-state index in [0.29, 0.717) is 18.5 Å². The number of carbonyl (C=O) groups excluding carboxylic acids is 2. The van der Waals surface area contributed by atoms with Crippen LogP contribution in [0, 0.1) is 0 Å². The van der Waals surface area contributed by atoms with Crippen LogP contribution in [0.5, 0.6) is 0 Å². The molecule has 0 aromatic heterocycles. The predicted octanol–water partition coefficient (Wildman–Crippen LogP) is 3.97. The highest BCUT2D eigenvalue weighted by Gasteiger charge is 2.36. The van der Waals surface area contributed by atoms with E-state index in [2.05, 4.69) is 11.9 Å². The van der Waals surface area contributed by atoms with Crippen LogP contribution in [0.1, 0.15) is 28.4 Å². The third kappa shape index (κ3) is 4.79. The normalized spacial score (nSPS) is 16.6. The Balaban J connectivity index is 1.43. The summed E-state index contributed by atoms with van der Waals surface area (Å²) in [5, 5.41) is 13.1. The summed E-state index contributed by atoms with van der Waals surface area (Å²) < 4.78 is 0. The van der Waals surface area contributed by atoms with Crippen molar-refractivity contribution < 1.29 is 14.7 Å². The van der Waals surface area contributed by atoms with Gasteiger partial charge in [-0.3, -0.25) is 9.59 Å². The van der Waals surface area contributed by atoms with Crippen LogP contribution in [0.25, 0.3) is 11.1 Å². The SMILES string of the molecule is C=C1C[C@@H](C(=O)NCC(O)c2ccccc2)N(C(=O)c2ccc(-c3ccccc3)cc2)C1. The minimum absolute atomic E-state index is 0.0830. The van der Waals surface area contributed by atoms with E-state index in [1.54, 1.807) is 17.0 Å². The molecule has 1 aliphatic rings. The van der Waals surface area contributed by atoms with Gasteiger partial charge in [-0.25, -0.2) is 0 Å². The van der Waals surface area contributed by atoms with Gasteiger partial charge in [0.2, 0.25) is 5.91 Å². The maximum atomic E-state index is 13.2. The lowest BCUT2D eigenvalue weighted by Gasteiger charge is -2.24. The molecule has 1 aliphatic heterocycles. The van der Waals surface area contributed by atoms with Gasteiger partial charge in [-0.05, 0) is 35.2 Å². The quantitative estimate of drug-likeness (QED) is 0.586. The van der Waals surface area contributed by atoms with E-state index in [-0.39, 0.29) is 18.4 Å². The van der Waals surface area contributed by atoms with E-state index >= 15 is 0 Å². The zero-order valence-corrected chi connectivity index (χ0v) is 17.8. The average Bonchev–Trinajstić information content (AvgIpc) is 3.24. The number of nitrogens with one attached hydrogen (secondary N) is 1. The van der Waals surface area contributed by atoms with E-state index in [4.69, 9.17) is 0 Å². The van der Waals surface area contributed by atoms with Gasteiger partial charge in [0.15, 0.2) is 0 Å². The Bertz CT molecular complexity index is 1090. The lowest BCUT2D eigenvalue weighted by molar-refractivity contribution is -0.125. The van der Waals surface area contributed by atoms with Gasteiger partial charge in [0, 0.05) is 18.7 Å². The minimum atomic E-state index is -0.806. The molecular formula is C27H26N2O3. The van der Waals surface area contributed by atoms with Crippen molar-refractivity contribution in [3.05, 3.63) is 108 Å². The molecule has 2 amide bonds. The molecule has 3 aromatic rings. The second-order valence-electron chi connectivity index (χ2n) is 8.02. The molecule has 1 saturated heterocycles. The molecule has 2 N–H and O–H groups in total. The van der Waals surface area contributed by atoms with Crippen LogP contribution in [0.2, 0.25) is 0 Å². The molecule has 162 valence electrons. The summed E-state index contributed by atoms with van der Waals surface area (Å²) in [6.45, 7) is 4.42. The summed E-state index contributed by atoms with van der Waals surface area (Å²) in [4.78, 5) is 27.6. The van der Waals surface area contributed by atoms with E-state index in [9.17, 15) is 14.7 Å². The fourth-order valence-corrected chi connectivity index (χ4v) is 3.96. The van der Waals surface area contributed by atoms with Gasteiger partial charge in [0.25, 0.3) is 5.91 Å². The lowest BCUT2D eigenvalue weighted by atomic mass is 10.0. The van der Waals surface area contributed by atoms with E-state index in [0.717, 1.165) is 22.3 Å². The Morgan fingerprint density at radius 3 is 2.19 bits per heavy atom. The molecule has 5 nitrogen and oxygen atoms in total. The summed E-state index contributed by atoms with van der Waals surface area (Å²) >= 11 is 0. The van der Waals surface area contributed by atoms with Crippen LogP contribution in [0.15, 0.2) is 97.1 Å². The molecule has 2 atom stereocenters. The van der Waals surface area contributed by atoms with E-state index < -0.39 is 12.1 Å². The topological polar surface area (TPSA) is 69.6 Å². The molecular weight excluding hydrogens is 400 g/mol. The fourth-order valence-electron chi connectivity index (χ4n) is 3.96. The van der Waals surface area contributed by atoms with Crippen LogP contribution in [0.4, 0.5) is 0 Å². The first kappa shape index (κ1) is 21.5. The Labute approximate surface area is 188 Å². The first-order valence-corrected chi connectivity index (χ1v) is 10.7.